The zero-order valence-electron chi connectivity index (χ0n) is 14.7. The maximum absolute atomic E-state index is 12.6. The van der Waals surface area contributed by atoms with Crippen LogP contribution in [-0.2, 0) is 19.1 Å². The molecule has 0 aromatic carbocycles. The van der Waals surface area contributed by atoms with Crippen LogP contribution >= 0.6 is 0 Å². The van der Waals surface area contributed by atoms with E-state index >= 15 is 0 Å². The van der Waals surface area contributed by atoms with Gasteiger partial charge in [-0.2, -0.15) is 0 Å². The number of hydrogen-bond donors (Lipinski definition) is 2. The Hall–Kier alpha value is -1.59. The Labute approximate surface area is 148 Å². The van der Waals surface area contributed by atoms with Crippen LogP contribution in [0.25, 0.3) is 0 Å². The van der Waals surface area contributed by atoms with E-state index in [9.17, 15) is 14.4 Å². The molecule has 6 heteroatoms. The zero-order chi connectivity index (χ0) is 17.4. The maximum atomic E-state index is 12.6. The normalized spacial score (nSPS) is 39.4. The number of amides is 2. The number of nitrogens with one attached hydrogen (secondary N) is 2. The van der Waals surface area contributed by atoms with Gasteiger partial charge in [0.15, 0.2) is 6.61 Å². The molecule has 0 aromatic rings. The van der Waals surface area contributed by atoms with Gasteiger partial charge in [-0.3, -0.25) is 14.4 Å². The third-order valence-electron chi connectivity index (χ3n) is 6.71. The molecule has 5 aliphatic rings. The summed E-state index contributed by atoms with van der Waals surface area (Å²) in [6.45, 7) is 0.387. The number of esters is 1. The molecular weight excluding hydrogens is 320 g/mol. The molecule has 4 bridgehead atoms. The van der Waals surface area contributed by atoms with Gasteiger partial charge in [-0.05, 0) is 75.0 Å². The predicted octanol–water partition coefficient (Wildman–Crippen LogP) is 1.39. The Kier molecular flexibility index (Phi) is 4.69. The number of rotatable bonds is 4. The Bertz CT molecular complexity index is 534. The van der Waals surface area contributed by atoms with Crippen molar-refractivity contribution in [1.82, 2.24) is 10.6 Å². The highest BCUT2D eigenvalue weighted by atomic mass is 16.5. The summed E-state index contributed by atoms with van der Waals surface area (Å²) in [6.07, 6.45) is 8.43. The summed E-state index contributed by atoms with van der Waals surface area (Å²) < 4.78 is 5.36. The van der Waals surface area contributed by atoms with Crippen LogP contribution in [0.1, 0.15) is 51.4 Å². The average molecular weight is 348 g/mol. The summed E-state index contributed by atoms with van der Waals surface area (Å²) in [5, 5.41) is 5.49. The molecule has 2 amide bonds. The lowest BCUT2D eigenvalue weighted by molar-refractivity contribution is -0.165. The van der Waals surface area contributed by atoms with Crippen LogP contribution in [0.4, 0.5) is 0 Å². The molecule has 0 radical (unpaired) electrons. The van der Waals surface area contributed by atoms with E-state index in [1.54, 1.807) is 0 Å². The molecule has 1 unspecified atom stereocenters. The first-order chi connectivity index (χ1) is 12.1. The molecule has 2 N–H and O–H groups in total. The van der Waals surface area contributed by atoms with Crippen LogP contribution < -0.4 is 10.6 Å². The Morgan fingerprint density at radius 2 is 1.72 bits per heavy atom. The van der Waals surface area contributed by atoms with Gasteiger partial charge in [0.2, 0.25) is 5.91 Å². The van der Waals surface area contributed by atoms with E-state index in [1.165, 1.54) is 6.42 Å². The molecule has 4 saturated carbocycles. The van der Waals surface area contributed by atoms with Crippen molar-refractivity contribution in [3.05, 3.63) is 0 Å². The molecule has 1 saturated heterocycles. The summed E-state index contributed by atoms with van der Waals surface area (Å²) >= 11 is 0. The molecule has 138 valence electrons. The minimum atomic E-state index is -0.505. The summed E-state index contributed by atoms with van der Waals surface area (Å²) in [7, 11) is 0. The summed E-state index contributed by atoms with van der Waals surface area (Å²) in [5.74, 6) is 1.81. The van der Waals surface area contributed by atoms with Gasteiger partial charge in [-0.1, -0.05) is 0 Å². The number of carbonyl (C=O) groups excluding carboxylic acids is 3. The Balaban J connectivity index is 1.27. The second-order valence-electron chi connectivity index (χ2n) is 8.47. The van der Waals surface area contributed by atoms with E-state index in [-0.39, 0.29) is 30.3 Å². The van der Waals surface area contributed by atoms with E-state index < -0.39 is 6.04 Å². The Morgan fingerprint density at radius 3 is 2.40 bits per heavy atom. The van der Waals surface area contributed by atoms with Gasteiger partial charge in [-0.25, -0.2) is 0 Å². The van der Waals surface area contributed by atoms with Gasteiger partial charge in [0.25, 0.3) is 5.91 Å². The number of carbonyl (C=O) groups is 3. The second-order valence-corrected chi connectivity index (χ2v) is 8.47. The molecule has 1 heterocycles. The quantitative estimate of drug-likeness (QED) is 0.752. The van der Waals surface area contributed by atoms with E-state index in [0.717, 1.165) is 50.4 Å². The first-order valence-electron chi connectivity index (χ1n) is 9.84. The van der Waals surface area contributed by atoms with Crippen molar-refractivity contribution in [2.75, 3.05) is 13.2 Å². The van der Waals surface area contributed by atoms with Crippen LogP contribution in [-0.4, -0.2) is 37.0 Å². The highest BCUT2D eigenvalue weighted by Crippen LogP contribution is 2.56. The van der Waals surface area contributed by atoms with E-state index in [2.05, 4.69) is 10.6 Å². The fourth-order valence-electron chi connectivity index (χ4n) is 5.86. The van der Waals surface area contributed by atoms with Gasteiger partial charge < -0.3 is 15.4 Å². The van der Waals surface area contributed by atoms with Gasteiger partial charge in [0.1, 0.15) is 6.04 Å². The molecule has 5 rings (SSSR count). The molecule has 6 nitrogen and oxygen atoms in total. The Morgan fingerprint density at radius 1 is 1.04 bits per heavy atom. The second kappa shape index (κ2) is 6.96. The SMILES string of the molecule is O=C(COC(=O)C1C2CC3CC(C2)CC1C3)NC1CCCCNC1=O. The third-order valence-corrected chi connectivity index (χ3v) is 6.71. The predicted molar refractivity (Wildman–Crippen MR) is 90.3 cm³/mol. The molecule has 25 heavy (non-hydrogen) atoms. The summed E-state index contributed by atoms with van der Waals surface area (Å²) in [5.41, 5.74) is 0. The highest BCUT2D eigenvalue weighted by Gasteiger charge is 2.51. The lowest BCUT2D eigenvalue weighted by Gasteiger charge is -2.53. The van der Waals surface area contributed by atoms with Crippen LogP contribution in [0.5, 0.6) is 0 Å². The lowest BCUT2D eigenvalue weighted by atomic mass is 9.52. The number of ether oxygens (including phenoxy) is 1. The van der Waals surface area contributed by atoms with Gasteiger partial charge >= 0.3 is 5.97 Å². The molecule has 1 aliphatic heterocycles. The van der Waals surface area contributed by atoms with Crippen LogP contribution in [0.2, 0.25) is 0 Å². The van der Waals surface area contributed by atoms with Gasteiger partial charge in [0.05, 0.1) is 5.92 Å². The van der Waals surface area contributed by atoms with Crippen molar-refractivity contribution in [2.24, 2.45) is 29.6 Å². The lowest BCUT2D eigenvalue weighted by Crippen LogP contribution is -2.49. The van der Waals surface area contributed by atoms with Crippen molar-refractivity contribution in [3.63, 3.8) is 0 Å². The van der Waals surface area contributed by atoms with Crippen LogP contribution in [0.15, 0.2) is 0 Å². The minimum absolute atomic E-state index is 0.0122. The van der Waals surface area contributed by atoms with E-state index in [1.807, 2.05) is 0 Å². The smallest absolute Gasteiger partial charge is 0.310 e. The number of hydrogen-bond acceptors (Lipinski definition) is 4. The largest absolute Gasteiger partial charge is 0.455 e. The molecule has 4 aliphatic carbocycles. The molecule has 5 fully saturated rings. The average Bonchev–Trinajstić information content (AvgIpc) is 2.77. The first-order valence-corrected chi connectivity index (χ1v) is 9.84. The van der Waals surface area contributed by atoms with Gasteiger partial charge in [0, 0.05) is 6.54 Å². The van der Waals surface area contributed by atoms with Crippen molar-refractivity contribution >= 4 is 17.8 Å². The molecule has 1 atom stereocenters. The fourth-order valence-corrected chi connectivity index (χ4v) is 5.86. The van der Waals surface area contributed by atoms with Crippen molar-refractivity contribution in [1.29, 1.82) is 0 Å². The van der Waals surface area contributed by atoms with Crippen molar-refractivity contribution in [2.45, 2.75) is 57.4 Å². The van der Waals surface area contributed by atoms with Gasteiger partial charge in [-0.15, -0.1) is 0 Å². The summed E-state index contributed by atoms with van der Waals surface area (Å²) in [6, 6.07) is -0.505. The molecular formula is C19H28N2O4. The van der Waals surface area contributed by atoms with Crippen molar-refractivity contribution < 1.29 is 19.1 Å². The van der Waals surface area contributed by atoms with Crippen LogP contribution in [0.3, 0.4) is 0 Å². The summed E-state index contributed by atoms with van der Waals surface area (Å²) in [4.78, 5) is 36.5. The van der Waals surface area contributed by atoms with Crippen LogP contribution in [0, 0.1) is 29.6 Å². The van der Waals surface area contributed by atoms with E-state index in [0.29, 0.717) is 24.8 Å². The standard InChI is InChI=1S/C19H28N2O4/c22-16(21-15-3-1-2-4-20-18(15)23)10-25-19(24)17-13-6-11-5-12(8-13)9-14(17)7-11/h11-15,17H,1-10H2,(H,20,23)(H,21,22). The monoisotopic (exact) mass is 348 g/mol. The maximum Gasteiger partial charge on any atom is 0.310 e. The zero-order valence-corrected chi connectivity index (χ0v) is 14.7. The third kappa shape index (κ3) is 3.53. The topological polar surface area (TPSA) is 84.5 Å². The molecule has 0 spiro atoms. The fraction of sp³-hybridized carbons (Fsp3) is 0.842. The van der Waals surface area contributed by atoms with Crippen molar-refractivity contribution in [3.8, 4) is 0 Å². The van der Waals surface area contributed by atoms with E-state index in [4.69, 9.17) is 4.74 Å². The highest BCUT2D eigenvalue weighted by molar-refractivity contribution is 5.89. The molecule has 0 aromatic heterocycles. The minimum Gasteiger partial charge on any atom is -0.455 e. The first kappa shape index (κ1) is 16.9.